The number of rotatable bonds is 20. The molecule has 0 saturated carbocycles. The topological polar surface area (TPSA) is 239 Å². The van der Waals surface area contributed by atoms with Crippen LogP contribution >= 0.6 is 0 Å². The van der Waals surface area contributed by atoms with Crippen LogP contribution in [0.1, 0.15) is 111 Å². The van der Waals surface area contributed by atoms with Crippen LogP contribution in [0.15, 0.2) is 24.3 Å². The van der Waals surface area contributed by atoms with E-state index < -0.39 is 95.7 Å². The van der Waals surface area contributed by atoms with Gasteiger partial charge >= 0.3 is 12.1 Å². The minimum Gasteiger partial charge on any atom is -0.459 e. The summed E-state index contributed by atoms with van der Waals surface area (Å²) >= 11 is 0. The van der Waals surface area contributed by atoms with Gasteiger partial charge in [0.05, 0.1) is 12.6 Å². The highest BCUT2D eigenvalue weighted by atomic mass is 16.6. The van der Waals surface area contributed by atoms with Crippen LogP contribution in [0.4, 0.5) is 4.79 Å². The van der Waals surface area contributed by atoms with E-state index in [1.165, 1.54) is 11.9 Å². The zero-order valence-electron chi connectivity index (χ0n) is 37.7. The molecule has 5 atom stereocenters. The van der Waals surface area contributed by atoms with Crippen molar-refractivity contribution in [2.24, 2.45) is 11.8 Å². The number of nitrogens with one attached hydrogen (secondary N) is 5. The molecular weight excluding hydrogens is 803 g/mol. The largest absolute Gasteiger partial charge is 0.459 e. The second-order valence-corrected chi connectivity index (χ2v) is 17.6. The summed E-state index contributed by atoms with van der Waals surface area (Å²) in [6.45, 7) is 13.6. The number of amides is 7. The maximum Gasteiger partial charge on any atom is 0.410 e. The zero-order chi connectivity index (χ0) is 46.3. The number of fused-ring (bicyclic) bond motifs is 1. The number of likely N-dealkylation sites (tertiary alicyclic amines) is 1. The first-order valence-corrected chi connectivity index (χ1v) is 21.6. The number of carbonyl (C=O) groups is 9. The fourth-order valence-electron chi connectivity index (χ4n) is 7.26. The number of ether oxygens (including phenoxy) is 2. The molecule has 62 heavy (non-hydrogen) atoms. The molecule has 2 aliphatic rings. The Morgan fingerprint density at radius 2 is 1.47 bits per heavy atom. The molecule has 0 aromatic heterocycles. The molecule has 0 aliphatic carbocycles. The predicted molar refractivity (Wildman–Crippen MR) is 228 cm³/mol. The van der Waals surface area contributed by atoms with E-state index in [9.17, 15) is 43.2 Å². The van der Waals surface area contributed by atoms with Gasteiger partial charge in [0.1, 0.15) is 36.4 Å². The molecule has 2 unspecified atom stereocenters. The number of hydrogen-bond acceptors (Lipinski definition) is 11. The van der Waals surface area contributed by atoms with Crippen LogP contribution in [0.25, 0.3) is 0 Å². The fraction of sp³-hybridized carbons (Fsp3) is 0.659. The van der Waals surface area contributed by atoms with E-state index >= 15 is 0 Å². The number of unbranched alkanes of at least 4 members (excludes halogenated alkanes) is 1. The van der Waals surface area contributed by atoms with Gasteiger partial charge in [-0.1, -0.05) is 65.3 Å². The molecule has 2 heterocycles. The lowest BCUT2D eigenvalue weighted by atomic mass is 9.98. The number of benzene rings is 1. The average Bonchev–Trinajstić information content (AvgIpc) is 3.64. The quantitative estimate of drug-likeness (QED) is 0.0722. The van der Waals surface area contributed by atoms with Gasteiger partial charge in [0.25, 0.3) is 5.91 Å². The van der Waals surface area contributed by atoms with Crippen molar-refractivity contribution in [3.8, 4) is 0 Å². The van der Waals surface area contributed by atoms with Crippen LogP contribution in [-0.2, 0) is 60.8 Å². The van der Waals surface area contributed by atoms with Crippen molar-refractivity contribution in [3.05, 3.63) is 35.4 Å². The number of Topliss-reactive ketones (excluding diaryl/α,β-unsaturated/α-hetero) is 1. The van der Waals surface area contributed by atoms with Crippen molar-refractivity contribution in [2.75, 3.05) is 26.7 Å². The monoisotopic (exact) mass is 869 g/mol. The Kier molecular flexibility index (Phi) is 19.3. The van der Waals surface area contributed by atoms with E-state index in [2.05, 4.69) is 26.6 Å². The molecule has 1 fully saturated rings. The van der Waals surface area contributed by atoms with Crippen molar-refractivity contribution < 1.29 is 52.6 Å². The summed E-state index contributed by atoms with van der Waals surface area (Å²) in [6.07, 6.45) is 0.592. The fourth-order valence-corrected chi connectivity index (χ4v) is 7.26. The summed E-state index contributed by atoms with van der Waals surface area (Å²) in [5.74, 6) is -6.36. The van der Waals surface area contributed by atoms with Gasteiger partial charge in [-0.25, -0.2) is 4.79 Å². The Bertz CT molecular complexity index is 1790. The molecule has 0 radical (unpaired) electrons. The van der Waals surface area contributed by atoms with Gasteiger partial charge in [-0.15, -0.1) is 0 Å². The Balaban J connectivity index is 1.83. The Morgan fingerprint density at radius 1 is 0.839 bits per heavy atom. The predicted octanol–water partition coefficient (Wildman–Crippen LogP) is 2.05. The van der Waals surface area contributed by atoms with E-state index in [-0.39, 0.29) is 44.1 Å². The Labute approximate surface area is 364 Å². The summed E-state index contributed by atoms with van der Waals surface area (Å²) < 4.78 is 11.1. The van der Waals surface area contributed by atoms with Gasteiger partial charge in [-0.05, 0) is 69.4 Å². The number of ketones is 1. The van der Waals surface area contributed by atoms with Crippen LogP contribution in [0, 0.1) is 11.8 Å². The number of carbonyl (C=O) groups excluding carboxylic acids is 9. The minimum atomic E-state index is -1.32. The smallest absolute Gasteiger partial charge is 0.410 e. The van der Waals surface area contributed by atoms with Crippen molar-refractivity contribution in [1.82, 2.24) is 36.4 Å². The first kappa shape index (κ1) is 50.8. The van der Waals surface area contributed by atoms with Crippen molar-refractivity contribution in [1.29, 1.82) is 0 Å². The average molecular weight is 870 g/mol. The lowest BCUT2D eigenvalue weighted by Crippen LogP contribution is -2.59. The third kappa shape index (κ3) is 15.4. The van der Waals surface area contributed by atoms with Crippen LogP contribution in [0.2, 0.25) is 0 Å². The zero-order valence-corrected chi connectivity index (χ0v) is 37.7. The molecule has 1 aromatic rings. The van der Waals surface area contributed by atoms with E-state index in [1.807, 2.05) is 24.3 Å². The molecule has 18 heteroatoms. The lowest BCUT2D eigenvalue weighted by molar-refractivity contribution is -0.155. The van der Waals surface area contributed by atoms with Gasteiger partial charge in [0, 0.05) is 39.4 Å². The first-order chi connectivity index (χ1) is 29.1. The molecule has 18 nitrogen and oxygen atoms in total. The van der Waals surface area contributed by atoms with Gasteiger partial charge in [-0.2, -0.15) is 0 Å². The molecule has 7 amide bonds. The van der Waals surface area contributed by atoms with E-state index in [4.69, 9.17) is 9.47 Å². The summed E-state index contributed by atoms with van der Waals surface area (Å²) in [5.41, 5.74) is 1.28. The highest BCUT2D eigenvalue weighted by molar-refractivity contribution is 6.38. The third-order valence-electron chi connectivity index (χ3n) is 10.6. The van der Waals surface area contributed by atoms with E-state index in [0.29, 0.717) is 38.8 Å². The van der Waals surface area contributed by atoms with Gasteiger partial charge < -0.3 is 45.9 Å². The first-order valence-electron chi connectivity index (χ1n) is 21.6. The molecular formula is C44H67N7O11. The molecule has 2 aliphatic heterocycles. The summed E-state index contributed by atoms with van der Waals surface area (Å²) in [6, 6.07) is 2.94. The summed E-state index contributed by atoms with van der Waals surface area (Å²) in [7, 11) is 1.53. The molecule has 0 spiro atoms. The second kappa shape index (κ2) is 23.6. The standard InChI is InChI=1S/C44H67N7O11/c1-10-15-31(38(55)41(58)46-23-35(54)62-44(6,7)8)47-39(56)32-22-30(61-43(60)50-21-20-28-16-11-12-17-29(28)24-50)25-51(32)42(59)37(27(4)5)49-40(57)36(26(2)3)48-34(53)19-14-13-18-33(52)45-9/h11-12,16-17,26-27,30-32,36-37H,10,13-15,18-25H2,1-9H3,(H,45,52)(H,46,58)(H,47,56)(H,48,53)(H,49,57)/t30?,31?,32-,36-,37-/m0/s1. The van der Waals surface area contributed by atoms with E-state index in [0.717, 1.165) is 11.1 Å². The van der Waals surface area contributed by atoms with Crippen molar-refractivity contribution >= 4 is 53.3 Å². The molecule has 1 saturated heterocycles. The van der Waals surface area contributed by atoms with Crippen LogP contribution < -0.4 is 26.6 Å². The van der Waals surface area contributed by atoms with Gasteiger partial charge in [0.2, 0.25) is 35.3 Å². The van der Waals surface area contributed by atoms with Crippen molar-refractivity contribution in [3.63, 3.8) is 0 Å². The summed E-state index contributed by atoms with van der Waals surface area (Å²) in [5, 5.41) is 12.9. The number of esters is 1. The van der Waals surface area contributed by atoms with Crippen molar-refractivity contribution in [2.45, 2.75) is 149 Å². The van der Waals surface area contributed by atoms with Crippen LogP contribution in [0.3, 0.4) is 0 Å². The number of hydrogen-bond donors (Lipinski definition) is 5. The Hall–Kier alpha value is -5.55. The third-order valence-corrected chi connectivity index (χ3v) is 10.6. The normalized spacial score (nSPS) is 17.5. The van der Waals surface area contributed by atoms with Gasteiger partial charge in [-0.3, -0.25) is 38.4 Å². The highest BCUT2D eigenvalue weighted by Gasteiger charge is 2.46. The maximum absolute atomic E-state index is 14.6. The molecule has 3 rings (SSSR count). The molecule has 1 aromatic carbocycles. The maximum atomic E-state index is 14.6. The van der Waals surface area contributed by atoms with E-state index in [1.54, 1.807) is 60.3 Å². The summed E-state index contributed by atoms with van der Waals surface area (Å²) in [4.78, 5) is 122. The Morgan fingerprint density at radius 3 is 2.06 bits per heavy atom. The lowest BCUT2D eigenvalue weighted by Gasteiger charge is -2.32. The minimum absolute atomic E-state index is 0.0566. The van der Waals surface area contributed by atoms with Crippen LogP contribution in [0.5, 0.6) is 0 Å². The van der Waals surface area contributed by atoms with Gasteiger partial charge in [0.15, 0.2) is 0 Å². The molecule has 5 N–H and O–H groups in total. The highest BCUT2D eigenvalue weighted by Crippen LogP contribution is 2.26. The van der Waals surface area contributed by atoms with Crippen LogP contribution in [-0.4, -0.2) is 126 Å². The molecule has 0 bridgehead atoms. The second-order valence-electron chi connectivity index (χ2n) is 17.6. The molecule has 344 valence electrons. The number of nitrogens with zero attached hydrogens (tertiary/aromatic N) is 2. The SMILES string of the molecule is CCCC(NC(=O)[C@@H]1CC(OC(=O)N2CCc3ccccc3C2)CN1C(=O)[C@@H](NC(=O)[C@@H](NC(=O)CCCCC(=O)NC)C(C)C)C(C)C)C(=O)C(=O)NCC(=O)OC(C)(C)C.